The molecule has 0 unspecified atom stereocenters. The molecule has 1 amide bonds. The molecular weight excluding hydrogens is 396 g/mol. The van der Waals surface area contributed by atoms with Crippen LogP contribution in [0.25, 0.3) is 0 Å². The van der Waals surface area contributed by atoms with Gasteiger partial charge in [0.2, 0.25) is 17.5 Å². The van der Waals surface area contributed by atoms with Crippen molar-refractivity contribution >= 4 is 51.9 Å². The van der Waals surface area contributed by atoms with E-state index in [-0.39, 0.29) is 23.2 Å². The van der Waals surface area contributed by atoms with Crippen molar-refractivity contribution < 1.29 is 9.72 Å². The number of amides is 1. The van der Waals surface area contributed by atoms with Crippen LogP contribution in [0.1, 0.15) is 12.5 Å². The average Bonchev–Trinajstić information content (AvgIpc) is 2.66. The molecule has 148 valence electrons. The van der Waals surface area contributed by atoms with Gasteiger partial charge in [-0.1, -0.05) is 17.7 Å². The van der Waals surface area contributed by atoms with Crippen molar-refractivity contribution in [2.75, 3.05) is 16.0 Å². The van der Waals surface area contributed by atoms with Gasteiger partial charge in [-0.15, -0.1) is 0 Å². The maximum Gasteiger partial charge on any atom is 0.353 e. The predicted molar refractivity (Wildman–Crippen MR) is 112 cm³/mol. The van der Waals surface area contributed by atoms with Gasteiger partial charge in [-0.25, -0.2) is 9.97 Å². The molecule has 0 aliphatic rings. The van der Waals surface area contributed by atoms with Crippen LogP contribution in [0.15, 0.2) is 48.8 Å². The number of aromatic nitrogens is 2. The van der Waals surface area contributed by atoms with Gasteiger partial charge in [0.15, 0.2) is 0 Å². The minimum atomic E-state index is -0.559. The number of benzene rings is 2. The molecule has 0 saturated carbocycles. The van der Waals surface area contributed by atoms with E-state index in [2.05, 4.69) is 25.9 Å². The van der Waals surface area contributed by atoms with Crippen molar-refractivity contribution in [2.45, 2.75) is 13.8 Å². The van der Waals surface area contributed by atoms with Crippen LogP contribution in [0, 0.1) is 17.0 Å². The number of anilines is 5. The molecule has 0 atom stereocenters. The molecule has 0 saturated heterocycles. The third-order valence-corrected chi connectivity index (χ3v) is 4.16. The zero-order chi connectivity index (χ0) is 21.0. The number of carbonyl (C=O) groups is 1. The summed E-state index contributed by atoms with van der Waals surface area (Å²) in [6, 6.07) is 11.9. The first kappa shape index (κ1) is 20.0. The monoisotopic (exact) mass is 412 g/mol. The third-order valence-electron chi connectivity index (χ3n) is 3.93. The molecule has 29 heavy (non-hydrogen) atoms. The Bertz CT molecular complexity index is 1070. The lowest BCUT2D eigenvalue weighted by Gasteiger charge is -2.12. The van der Waals surface area contributed by atoms with E-state index in [0.29, 0.717) is 22.1 Å². The fraction of sp³-hybridized carbons (Fsp3) is 0.105. The second kappa shape index (κ2) is 8.53. The van der Waals surface area contributed by atoms with Crippen LogP contribution >= 0.6 is 11.6 Å². The fourth-order valence-electron chi connectivity index (χ4n) is 2.57. The van der Waals surface area contributed by atoms with Gasteiger partial charge in [-0.3, -0.25) is 14.9 Å². The van der Waals surface area contributed by atoms with Crippen LogP contribution < -0.4 is 16.0 Å². The molecule has 3 aromatic rings. The van der Waals surface area contributed by atoms with Crippen molar-refractivity contribution in [3.8, 4) is 0 Å². The largest absolute Gasteiger partial charge is 0.353 e. The molecule has 0 radical (unpaired) electrons. The Morgan fingerprint density at radius 1 is 1.03 bits per heavy atom. The van der Waals surface area contributed by atoms with Crippen LogP contribution in [-0.4, -0.2) is 20.8 Å². The lowest BCUT2D eigenvalue weighted by Crippen LogP contribution is -2.07. The van der Waals surface area contributed by atoms with Crippen molar-refractivity contribution in [1.29, 1.82) is 0 Å². The van der Waals surface area contributed by atoms with Gasteiger partial charge in [0.05, 0.1) is 4.92 Å². The summed E-state index contributed by atoms with van der Waals surface area (Å²) < 4.78 is 0. The number of nitrogens with zero attached hydrogens (tertiary/aromatic N) is 3. The van der Waals surface area contributed by atoms with Crippen LogP contribution in [0.3, 0.4) is 0 Å². The highest BCUT2D eigenvalue weighted by molar-refractivity contribution is 6.30. The smallest absolute Gasteiger partial charge is 0.334 e. The Hall–Kier alpha value is -3.72. The highest BCUT2D eigenvalue weighted by Gasteiger charge is 2.23. The van der Waals surface area contributed by atoms with Crippen molar-refractivity contribution in [1.82, 2.24) is 9.97 Å². The number of carbonyl (C=O) groups excluding carboxylic acids is 1. The molecule has 0 bridgehead atoms. The molecule has 0 aliphatic carbocycles. The zero-order valence-electron chi connectivity index (χ0n) is 15.6. The Labute approximate surface area is 171 Å². The highest BCUT2D eigenvalue weighted by Crippen LogP contribution is 2.34. The molecule has 3 N–H and O–H groups in total. The van der Waals surface area contributed by atoms with E-state index in [4.69, 9.17) is 11.6 Å². The Morgan fingerprint density at radius 2 is 1.66 bits per heavy atom. The summed E-state index contributed by atoms with van der Waals surface area (Å²) >= 11 is 6.02. The maximum atomic E-state index is 11.7. The molecule has 0 spiro atoms. The van der Waals surface area contributed by atoms with E-state index < -0.39 is 4.92 Å². The van der Waals surface area contributed by atoms with Gasteiger partial charge in [-0.2, -0.15) is 0 Å². The molecule has 3 rings (SSSR count). The zero-order valence-corrected chi connectivity index (χ0v) is 16.3. The van der Waals surface area contributed by atoms with Gasteiger partial charge in [0, 0.05) is 29.0 Å². The number of hydrogen-bond donors (Lipinski definition) is 3. The lowest BCUT2D eigenvalue weighted by atomic mass is 10.2. The third kappa shape index (κ3) is 4.96. The minimum absolute atomic E-state index is 0.0273. The summed E-state index contributed by atoms with van der Waals surface area (Å²) in [5, 5.41) is 20.7. The minimum Gasteiger partial charge on any atom is -0.334 e. The molecule has 1 heterocycles. The van der Waals surface area contributed by atoms with E-state index in [0.717, 1.165) is 5.56 Å². The maximum absolute atomic E-state index is 11.7. The van der Waals surface area contributed by atoms with E-state index in [1.807, 2.05) is 6.92 Å². The number of halogens is 1. The van der Waals surface area contributed by atoms with Crippen molar-refractivity contribution in [3.63, 3.8) is 0 Å². The summed E-state index contributed by atoms with van der Waals surface area (Å²) in [4.78, 5) is 30.3. The summed E-state index contributed by atoms with van der Waals surface area (Å²) in [6.45, 7) is 3.26. The number of hydrogen-bond acceptors (Lipinski definition) is 7. The SMILES string of the molecule is CC(=O)Nc1ccc(Nc2ncnc(Nc3cc(Cl)ccc3C)c2[N+](=O)[O-])cc1. The van der Waals surface area contributed by atoms with E-state index in [1.54, 1.807) is 42.5 Å². The topological polar surface area (TPSA) is 122 Å². The Morgan fingerprint density at radius 3 is 2.28 bits per heavy atom. The van der Waals surface area contributed by atoms with Crippen molar-refractivity contribution in [2.24, 2.45) is 0 Å². The first-order valence-electron chi connectivity index (χ1n) is 8.50. The average molecular weight is 413 g/mol. The summed E-state index contributed by atoms with van der Waals surface area (Å²) in [5.74, 6) is -0.128. The summed E-state index contributed by atoms with van der Waals surface area (Å²) in [7, 11) is 0. The molecule has 2 aromatic carbocycles. The number of aryl methyl sites for hydroxylation is 1. The van der Waals surface area contributed by atoms with E-state index in [9.17, 15) is 14.9 Å². The number of rotatable bonds is 6. The normalized spacial score (nSPS) is 10.3. The first-order chi connectivity index (χ1) is 13.8. The fourth-order valence-corrected chi connectivity index (χ4v) is 2.74. The quantitative estimate of drug-likeness (QED) is 0.392. The van der Waals surface area contributed by atoms with Crippen LogP contribution in [-0.2, 0) is 4.79 Å². The number of nitrogens with one attached hydrogen (secondary N) is 3. The molecule has 10 heteroatoms. The van der Waals surface area contributed by atoms with Gasteiger partial charge < -0.3 is 16.0 Å². The molecule has 9 nitrogen and oxygen atoms in total. The summed E-state index contributed by atoms with van der Waals surface area (Å²) in [6.07, 6.45) is 1.23. The van der Waals surface area contributed by atoms with Crippen molar-refractivity contribution in [3.05, 3.63) is 69.5 Å². The van der Waals surface area contributed by atoms with E-state index in [1.165, 1.54) is 13.3 Å². The predicted octanol–water partition coefficient (Wildman–Crippen LogP) is 4.79. The highest BCUT2D eigenvalue weighted by atomic mass is 35.5. The molecule has 0 fully saturated rings. The molecule has 0 aliphatic heterocycles. The van der Waals surface area contributed by atoms with Gasteiger partial charge >= 0.3 is 5.69 Å². The Kier molecular flexibility index (Phi) is 5.89. The lowest BCUT2D eigenvalue weighted by molar-refractivity contribution is -0.383. The molecule has 1 aromatic heterocycles. The standard InChI is InChI=1S/C19H17ClN6O3/c1-11-3-4-13(20)9-16(11)25-19-17(26(28)29)18(21-10-22-19)24-15-7-5-14(6-8-15)23-12(2)27/h3-10H,1-2H3,(H,23,27)(H2,21,22,24,25). The first-order valence-corrected chi connectivity index (χ1v) is 8.88. The van der Waals surface area contributed by atoms with Gasteiger partial charge in [0.25, 0.3) is 0 Å². The van der Waals surface area contributed by atoms with Gasteiger partial charge in [0.1, 0.15) is 6.33 Å². The van der Waals surface area contributed by atoms with E-state index >= 15 is 0 Å². The summed E-state index contributed by atoms with van der Waals surface area (Å²) in [5.41, 5.74) is 2.32. The second-order valence-corrected chi connectivity index (χ2v) is 6.58. The van der Waals surface area contributed by atoms with Gasteiger partial charge in [-0.05, 0) is 48.9 Å². The second-order valence-electron chi connectivity index (χ2n) is 6.14. The number of nitro groups is 1. The Balaban J connectivity index is 1.91. The van der Waals surface area contributed by atoms with Crippen LogP contribution in [0.5, 0.6) is 0 Å². The molecular formula is C19H17ClN6O3. The van der Waals surface area contributed by atoms with Crippen LogP contribution in [0.4, 0.5) is 34.4 Å². The van der Waals surface area contributed by atoms with Crippen LogP contribution in [0.2, 0.25) is 5.02 Å².